The molecule has 0 fully saturated rings. The second-order valence-corrected chi connectivity index (χ2v) is 11.3. The van der Waals surface area contributed by atoms with Gasteiger partial charge in [0.25, 0.3) is 5.91 Å². The van der Waals surface area contributed by atoms with Crippen LogP contribution < -0.4 is 0 Å². The lowest BCUT2D eigenvalue weighted by Gasteiger charge is -2.39. The number of nitrogens with zero attached hydrogens (tertiary/aromatic N) is 1. The van der Waals surface area contributed by atoms with E-state index in [0.717, 1.165) is 29.5 Å². The molecule has 0 aliphatic rings. The maximum Gasteiger partial charge on any atom is 0.253 e. The third-order valence-corrected chi connectivity index (χ3v) is 8.14. The monoisotopic (exact) mass is 479 g/mol. The molecule has 1 unspecified atom stereocenters. The number of rotatable bonds is 9. The average molecular weight is 480 g/mol. The highest BCUT2D eigenvalue weighted by Crippen LogP contribution is 2.41. The molecule has 0 radical (unpaired) electrons. The van der Waals surface area contributed by atoms with E-state index in [1.165, 1.54) is 11.1 Å². The van der Waals surface area contributed by atoms with Crippen molar-refractivity contribution in [2.24, 2.45) is 5.41 Å². The summed E-state index contributed by atoms with van der Waals surface area (Å²) in [5.74, 6) is -0.0111. The Morgan fingerprint density at radius 2 is 1.26 bits per heavy atom. The fourth-order valence-corrected chi connectivity index (χ4v) is 5.23. The Morgan fingerprint density at radius 3 is 1.60 bits per heavy atom. The van der Waals surface area contributed by atoms with Gasteiger partial charge in [0.15, 0.2) is 5.78 Å². The Balaban J connectivity index is 2.50. The number of hydrogen-bond donors (Lipinski definition) is 1. The van der Waals surface area contributed by atoms with Crippen LogP contribution in [0.3, 0.4) is 0 Å². The minimum atomic E-state index is -1.05. The number of carbonyl (C=O) groups excluding carboxylic acids is 2. The molecule has 2 aromatic carbocycles. The molecule has 0 saturated heterocycles. The van der Waals surface area contributed by atoms with Gasteiger partial charge in [-0.15, -0.1) is 0 Å². The molecular formula is C31H45NO3. The standard InChI is InChI=1S/C31H45NO3/c1-11-30(12-2,24-15-17-26(22(5)19-24)28(34)32(9)10)23-14-16-25(21(4)18-23)27(33)20-31(35,13-3)29(6,7)8/h14-19,35H,11-13,20H2,1-10H3. The van der Waals surface area contributed by atoms with Crippen molar-refractivity contribution in [3.8, 4) is 0 Å². The third-order valence-electron chi connectivity index (χ3n) is 8.14. The summed E-state index contributed by atoms with van der Waals surface area (Å²) in [4.78, 5) is 27.4. The van der Waals surface area contributed by atoms with Crippen LogP contribution in [0.2, 0.25) is 0 Å². The molecule has 0 aromatic heterocycles. The zero-order valence-corrected chi connectivity index (χ0v) is 23.5. The molecule has 4 nitrogen and oxygen atoms in total. The highest BCUT2D eigenvalue weighted by molar-refractivity contribution is 5.98. The van der Waals surface area contributed by atoms with E-state index < -0.39 is 5.60 Å². The number of ketones is 1. The largest absolute Gasteiger partial charge is 0.389 e. The first-order chi connectivity index (χ1) is 16.2. The average Bonchev–Trinajstić information content (AvgIpc) is 2.79. The van der Waals surface area contributed by atoms with Gasteiger partial charge in [0.2, 0.25) is 0 Å². The normalized spacial score (nSPS) is 13.9. The topological polar surface area (TPSA) is 57.6 Å². The SMILES string of the molecule is CCC(CC)(c1ccc(C(=O)CC(O)(CC)C(C)(C)C)c(C)c1)c1ccc(C(=O)N(C)C)c(C)c1. The molecule has 192 valence electrons. The van der Waals surface area contributed by atoms with Gasteiger partial charge in [-0.05, 0) is 66.8 Å². The van der Waals surface area contributed by atoms with Crippen molar-refractivity contribution in [2.45, 2.75) is 92.1 Å². The molecular weight excluding hydrogens is 434 g/mol. The van der Waals surface area contributed by atoms with E-state index in [-0.39, 0.29) is 28.9 Å². The fourth-order valence-electron chi connectivity index (χ4n) is 5.23. The number of Topliss-reactive ketones (excluding diaryl/α,β-unsaturated/α-hetero) is 1. The Labute approximate surface area is 212 Å². The van der Waals surface area contributed by atoms with Crippen molar-refractivity contribution < 1.29 is 14.7 Å². The third kappa shape index (κ3) is 5.53. The zero-order chi connectivity index (χ0) is 26.8. The van der Waals surface area contributed by atoms with Crippen LogP contribution in [-0.2, 0) is 5.41 Å². The van der Waals surface area contributed by atoms with Crippen LogP contribution in [0.15, 0.2) is 36.4 Å². The fraction of sp³-hybridized carbons (Fsp3) is 0.548. The van der Waals surface area contributed by atoms with Crippen LogP contribution in [0.4, 0.5) is 0 Å². The second-order valence-electron chi connectivity index (χ2n) is 11.3. The summed E-state index contributed by atoms with van der Waals surface area (Å²) >= 11 is 0. The molecule has 35 heavy (non-hydrogen) atoms. The summed E-state index contributed by atoms with van der Waals surface area (Å²) in [6.45, 7) is 16.2. The number of hydrogen-bond acceptors (Lipinski definition) is 3. The molecule has 2 rings (SSSR count). The van der Waals surface area contributed by atoms with E-state index >= 15 is 0 Å². The van der Waals surface area contributed by atoms with Gasteiger partial charge in [0, 0.05) is 37.1 Å². The number of benzene rings is 2. The molecule has 1 amide bonds. The summed E-state index contributed by atoms with van der Waals surface area (Å²) in [7, 11) is 3.54. The lowest BCUT2D eigenvalue weighted by molar-refractivity contribution is -0.0604. The minimum Gasteiger partial charge on any atom is -0.389 e. The molecule has 0 saturated carbocycles. The highest BCUT2D eigenvalue weighted by atomic mass is 16.3. The van der Waals surface area contributed by atoms with Crippen LogP contribution in [0.5, 0.6) is 0 Å². The molecule has 0 spiro atoms. The van der Waals surface area contributed by atoms with E-state index in [2.05, 4.69) is 38.1 Å². The molecule has 4 heteroatoms. The van der Waals surface area contributed by atoms with Gasteiger partial charge in [0.05, 0.1) is 5.60 Å². The molecule has 0 aliphatic carbocycles. The Hall–Kier alpha value is -2.46. The van der Waals surface area contributed by atoms with Crippen molar-refractivity contribution in [1.29, 1.82) is 0 Å². The van der Waals surface area contributed by atoms with Crippen LogP contribution in [0.25, 0.3) is 0 Å². The van der Waals surface area contributed by atoms with Gasteiger partial charge in [-0.2, -0.15) is 0 Å². The molecule has 1 atom stereocenters. The summed E-state index contributed by atoms with van der Waals surface area (Å²) in [5, 5.41) is 11.2. The van der Waals surface area contributed by atoms with Gasteiger partial charge in [-0.3, -0.25) is 9.59 Å². The second kappa shape index (κ2) is 10.7. The van der Waals surface area contributed by atoms with Crippen LogP contribution in [-0.4, -0.2) is 41.4 Å². The highest BCUT2D eigenvalue weighted by Gasteiger charge is 2.40. The zero-order valence-electron chi connectivity index (χ0n) is 23.5. The first-order valence-electron chi connectivity index (χ1n) is 12.9. The minimum absolute atomic E-state index is 0.00801. The number of carbonyl (C=O) groups is 2. The van der Waals surface area contributed by atoms with Gasteiger partial charge < -0.3 is 10.0 Å². The Morgan fingerprint density at radius 1 is 0.800 bits per heavy atom. The van der Waals surface area contributed by atoms with Gasteiger partial charge >= 0.3 is 0 Å². The van der Waals surface area contributed by atoms with Gasteiger partial charge in [-0.25, -0.2) is 0 Å². The summed E-state index contributed by atoms with van der Waals surface area (Å²) in [6, 6.07) is 12.3. The Bertz CT molecular complexity index is 1070. The number of aryl methyl sites for hydroxylation is 2. The first kappa shape index (κ1) is 28.8. The molecule has 0 heterocycles. The van der Waals surface area contributed by atoms with Crippen LogP contribution in [0, 0.1) is 19.3 Å². The maximum absolute atomic E-state index is 13.3. The van der Waals surface area contributed by atoms with E-state index in [1.807, 2.05) is 53.7 Å². The quantitative estimate of drug-likeness (QED) is 0.399. The van der Waals surface area contributed by atoms with Crippen molar-refractivity contribution in [1.82, 2.24) is 4.90 Å². The van der Waals surface area contributed by atoms with Crippen molar-refractivity contribution in [3.05, 3.63) is 69.8 Å². The van der Waals surface area contributed by atoms with E-state index in [4.69, 9.17) is 0 Å². The molecule has 0 aliphatic heterocycles. The van der Waals surface area contributed by atoms with E-state index in [1.54, 1.807) is 19.0 Å². The first-order valence-corrected chi connectivity index (χ1v) is 12.9. The summed E-state index contributed by atoms with van der Waals surface area (Å²) in [6.07, 6.45) is 2.44. The van der Waals surface area contributed by atoms with Gasteiger partial charge in [-0.1, -0.05) is 71.9 Å². The predicted octanol–water partition coefficient (Wildman–Crippen LogP) is 6.87. The van der Waals surface area contributed by atoms with Crippen molar-refractivity contribution in [3.63, 3.8) is 0 Å². The summed E-state index contributed by atoms with van der Waals surface area (Å²) in [5.41, 5.74) is 4.00. The van der Waals surface area contributed by atoms with Crippen molar-refractivity contribution >= 4 is 11.7 Å². The molecule has 0 bridgehead atoms. The Kier molecular flexibility index (Phi) is 8.76. The van der Waals surface area contributed by atoms with Crippen molar-refractivity contribution in [2.75, 3.05) is 14.1 Å². The lowest BCUT2D eigenvalue weighted by atomic mass is 9.69. The predicted molar refractivity (Wildman–Crippen MR) is 145 cm³/mol. The number of amides is 1. The van der Waals surface area contributed by atoms with Crippen LogP contribution >= 0.6 is 0 Å². The lowest BCUT2D eigenvalue weighted by Crippen LogP contribution is -2.44. The maximum atomic E-state index is 13.3. The molecule has 1 N–H and O–H groups in total. The molecule has 2 aromatic rings. The van der Waals surface area contributed by atoms with E-state index in [0.29, 0.717) is 12.0 Å². The van der Waals surface area contributed by atoms with Gasteiger partial charge in [0.1, 0.15) is 0 Å². The van der Waals surface area contributed by atoms with Crippen LogP contribution in [0.1, 0.15) is 110 Å². The smallest absolute Gasteiger partial charge is 0.253 e. The summed E-state index contributed by atoms with van der Waals surface area (Å²) < 4.78 is 0. The number of aliphatic hydroxyl groups is 1. The van der Waals surface area contributed by atoms with E-state index in [9.17, 15) is 14.7 Å².